The first-order valence-corrected chi connectivity index (χ1v) is 19.7. The van der Waals surface area contributed by atoms with E-state index in [9.17, 15) is 0 Å². The highest BCUT2D eigenvalue weighted by Crippen LogP contribution is 2.70. The maximum absolute atomic E-state index is 2.62. The van der Waals surface area contributed by atoms with Crippen molar-refractivity contribution in [2.75, 3.05) is 5.90 Å². The summed E-state index contributed by atoms with van der Waals surface area (Å²) in [5.74, 6) is 7.55. The zero-order valence-corrected chi connectivity index (χ0v) is 26.5. The van der Waals surface area contributed by atoms with E-state index in [1.165, 1.54) is 25.7 Å². The van der Waals surface area contributed by atoms with Gasteiger partial charge in [-0.1, -0.05) is 109 Å². The first-order valence-electron chi connectivity index (χ1n) is 16.4. The van der Waals surface area contributed by atoms with E-state index in [0.29, 0.717) is 0 Å². The quantitative estimate of drug-likeness (QED) is 0.279. The van der Waals surface area contributed by atoms with Crippen molar-refractivity contribution in [1.82, 2.24) is 0 Å². The van der Waals surface area contributed by atoms with Gasteiger partial charge in [-0.25, -0.2) is 0 Å². The second-order valence-electron chi connectivity index (χ2n) is 14.5. The largest absolute Gasteiger partial charge is 0.0959 e. The molecule has 0 unspecified atom stereocenters. The van der Waals surface area contributed by atoms with Gasteiger partial charge in [0.25, 0.3) is 0 Å². The van der Waals surface area contributed by atoms with E-state index in [2.05, 4.69) is 41.5 Å². The fourth-order valence-electron chi connectivity index (χ4n) is 9.07. The van der Waals surface area contributed by atoms with Crippen LogP contribution in [-0.2, 0) is 0 Å². The van der Waals surface area contributed by atoms with Crippen molar-refractivity contribution in [3.8, 4) is 0 Å². The summed E-state index contributed by atoms with van der Waals surface area (Å²) in [5.41, 5.74) is 4.46. The predicted molar refractivity (Wildman–Crippen MR) is 163 cm³/mol. The summed E-state index contributed by atoms with van der Waals surface area (Å²) in [6.07, 6.45) is 25.0. The van der Waals surface area contributed by atoms with Gasteiger partial charge in [-0.15, -0.1) is 0 Å². The summed E-state index contributed by atoms with van der Waals surface area (Å²) < 4.78 is 0. The summed E-state index contributed by atoms with van der Waals surface area (Å²) in [6, 6.07) is 0. The van der Waals surface area contributed by atoms with Crippen LogP contribution in [0.4, 0.5) is 0 Å². The van der Waals surface area contributed by atoms with E-state index in [-0.39, 0.29) is 15.8 Å². The molecule has 0 aromatic rings. The molecular weight excluding hydrogens is 458 g/mol. The number of hydrogen-bond donors (Lipinski definition) is 0. The molecule has 2 heteroatoms. The molecule has 0 spiro atoms. The van der Waals surface area contributed by atoms with Gasteiger partial charge in [0, 0.05) is 0 Å². The SMILES string of the molecule is CC(C)[C@@H]1CC[C@@H](C)C[C@H]1P(CP(C1CCCCC1)C1CCCCC1)[C@@H]1C[C@H](C)CC[C@H]1C(C)C. The monoisotopic (exact) mass is 520 g/mol. The Kier molecular flexibility index (Phi) is 11.4. The minimum Gasteiger partial charge on any atom is -0.0959 e. The Balaban J connectivity index is 1.68. The molecule has 0 aliphatic heterocycles. The van der Waals surface area contributed by atoms with E-state index >= 15 is 0 Å². The topological polar surface area (TPSA) is 0 Å². The van der Waals surface area contributed by atoms with Crippen LogP contribution in [0.1, 0.15) is 144 Å². The Labute approximate surface area is 223 Å². The van der Waals surface area contributed by atoms with Gasteiger partial charge in [0.1, 0.15) is 0 Å². The maximum Gasteiger partial charge on any atom is -0.0110 e. The van der Waals surface area contributed by atoms with E-state index in [0.717, 1.165) is 58.1 Å². The lowest BCUT2D eigenvalue weighted by atomic mass is 9.76. The molecule has 0 heterocycles. The van der Waals surface area contributed by atoms with Gasteiger partial charge in [-0.3, -0.25) is 0 Å². The highest BCUT2D eigenvalue weighted by Gasteiger charge is 2.45. The summed E-state index contributed by atoms with van der Waals surface area (Å²) in [4.78, 5) is 0. The minimum atomic E-state index is 0.146. The molecule has 4 aliphatic rings. The summed E-state index contributed by atoms with van der Waals surface area (Å²) in [6.45, 7) is 15.6. The molecule has 0 aromatic carbocycles. The molecule has 4 fully saturated rings. The molecule has 4 aliphatic carbocycles. The molecule has 0 aromatic heterocycles. The first kappa shape index (κ1) is 28.9. The highest BCUT2D eigenvalue weighted by molar-refractivity contribution is 7.76. The average molecular weight is 521 g/mol. The van der Waals surface area contributed by atoms with Gasteiger partial charge in [-0.05, 0) is 115 Å². The molecule has 0 N–H and O–H groups in total. The molecule has 0 amide bonds. The van der Waals surface area contributed by atoms with Crippen LogP contribution >= 0.6 is 15.8 Å². The predicted octanol–water partition coefficient (Wildman–Crippen LogP) is 11.5. The van der Waals surface area contributed by atoms with Crippen molar-refractivity contribution in [3.05, 3.63) is 0 Å². The lowest BCUT2D eigenvalue weighted by Crippen LogP contribution is -2.39. The molecular formula is C33H62P2. The van der Waals surface area contributed by atoms with Crippen LogP contribution in [0.3, 0.4) is 0 Å². The van der Waals surface area contributed by atoms with Crippen LogP contribution in [-0.4, -0.2) is 28.5 Å². The van der Waals surface area contributed by atoms with Crippen molar-refractivity contribution in [1.29, 1.82) is 0 Å². The maximum atomic E-state index is 2.62. The van der Waals surface area contributed by atoms with Crippen molar-refractivity contribution >= 4 is 15.8 Å². The fourth-order valence-corrected chi connectivity index (χ4v) is 20.5. The molecule has 0 radical (unpaired) electrons. The van der Waals surface area contributed by atoms with Gasteiger partial charge in [0.05, 0.1) is 0 Å². The molecule has 4 saturated carbocycles. The smallest absolute Gasteiger partial charge is 0.0110 e. The number of hydrogen-bond acceptors (Lipinski definition) is 0. The average Bonchev–Trinajstić information content (AvgIpc) is 2.85. The van der Waals surface area contributed by atoms with Gasteiger partial charge < -0.3 is 0 Å². The normalized spacial score (nSPS) is 36.5. The Morgan fingerprint density at radius 2 is 0.914 bits per heavy atom. The van der Waals surface area contributed by atoms with Gasteiger partial charge in [0.2, 0.25) is 0 Å². The van der Waals surface area contributed by atoms with Crippen LogP contribution in [0, 0.1) is 35.5 Å². The second kappa shape index (κ2) is 13.8. The van der Waals surface area contributed by atoms with E-state index < -0.39 is 0 Å². The molecule has 0 bridgehead atoms. The van der Waals surface area contributed by atoms with Gasteiger partial charge in [0.15, 0.2) is 0 Å². The van der Waals surface area contributed by atoms with Crippen LogP contribution in [0.5, 0.6) is 0 Å². The standard InChI is InChI=1S/C33H62P2/c1-24(2)30-19-17-26(5)21-32(30)35(33-22-27(6)18-20-31(33)25(3)4)23-34(28-13-9-7-10-14-28)29-15-11-8-12-16-29/h24-33H,7-23H2,1-6H3/t26-,27-,30+,31+,32-,33-/m1/s1. The third-order valence-electron chi connectivity index (χ3n) is 11.2. The summed E-state index contributed by atoms with van der Waals surface area (Å²) in [7, 11) is 0.384. The molecule has 0 saturated heterocycles. The number of rotatable bonds is 8. The Bertz CT molecular complexity index is 552. The van der Waals surface area contributed by atoms with E-state index in [1.807, 2.05) is 0 Å². The molecule has 0 nitrogen and oxygen atoms in total. The van der Waals surface area contributed by atoms with Crippen LogP contribution in [0.15, 0.2) is 0 Å². The second-order valence-corrected chi connectivity index (χ2v) is 20.5. The minimum absolute atomic E-state index is 0.146. The Morgan fingerprint density at radius 3 is 1.29 bits per heavy atom. The Morgan fingerprint density at radius 1 is 0.514 bits per heavy atom. The third kappa shape index (κ3) is 7.50. The van der Waals surface area contributed by atoms with Crippen molar-refractivity contribution in [3.63, 3.8) is 0 Å². The lowest BCUT2D eigenvalue weighted by Gasteiger charge is -2.52. The molecule has 35 heavy (non-hydrogen) atoms. The van der Waals surface area contributed by atoms with Crippen LogP contribution in [0.25, 0.3) is 0 Å². The fraction of sp³-hybridized carbons (Fsp3) is 1.00. The molecule has 6 atom stereocenters. The molecule has 4 rings (SSSR count). The van der Waals surface area contributed by atoms with E-state index in [1.54, 1.807) is 83.0 Å². The Hall–Kier alpha value is 0.860. The van der Waals surface area contributed by atoms with E-state index in [4.69, 9.17) is 0 Å². The van der Waals surface area contributed by atoms with Crippen molar-refractivity contribution in [2.24, 2.45) is 35.5 Å². The summed E-state index contributed by atoms with van der Waals surface area (Å²) in [5, 5.41) is 0. The van der Waals surface area contributed by atoms with Crippen LogP contribution in [0.2, 0.25) is 0 Å². The third-order valence-corrected chi connectivity index (χ3v) is 19.7. The summed E-state index contributed by atoms with van der Waals surface area (Å²) >= 11 is 0. The van der Waals surface area contributed by atoms with Crippen molar-refractivity contribution in [2.45, 2.75) is 167 Å². The zero-order chi connectivity index (χ0) is 24.9. The van der Waals surface area contributed by atoms with Crippen LogP contribution < -0.4 is 0 Å². The van der Waals surface area contributed by atoms with Gasteiger partial charge in [-0.2, -0.15) is 0 Å². The molecule has 204 valence electrons. The zero-order valence-electron chi connectivity index (χ0n) is 24.7. The van der Waals surface area contributed by atoms with Gasteiger partial charge >= 0.3 is 0 Å². The van der Waals surface area contributed by atoms with Crippen molar-refractivity contribution < 1.29 is 0 Å². The lowest BCUT2D eigenvalue weighted by molar-refractivity contribution is 0.223. The highest BCUT2D eigenvalue weighted by atomic mass is 31.2. The first-order chi connectivity index (χ1) is 16.8.